The summed E-state index contributed by atoms with van der Waals surface area (Å²) in [7, 11) is -3.58. The number of aromatic hydroxyl groups is 1. The molecule has 2 N–H and O–H groups in total. The third kappa shape index (κ3) is 3.00. The van der Waals surface area contributed by atoms with Crippen molar-refractivity contribution >= 4 is 15.7 Å². The van der Waals surface area contributed by atoms with Crippen LogP contribution in [0.2, 0.25) is 0 Å². The molecule has 0 radical (unpaired) electrons. The van der Waals surface area contributed by atoms with Crippen molar-refractivity contribution in [3.8, 4) is 5.75 Å². The maximum absolute atomic E-state index is 13.3. The van der Waals surface area contributed by atoms with Gasteiger partial charge in [-0.1, -0.05) is 24.6 Å². The van der Waals surface area contributed by atoms with Crippen molar-refractivity contribution in [3.05, 3.63) is 53.6 Å². The summed E-state index contributed by atoms with van der Waals surface area (Å²) in [5, 5.41) is 13.0. The van der Waals surface area contributed by atoms with Crippen LogP contribution in [-0.4, -0.2) is 30.9 Å². The molecule has 0 aromatic heterocycles. The standard InChI is InChI=1S/C19H22N2O3S/c22-16-5-3-4-15(12-16)19-6-1-2-11-21(19)25(23,24)17-8-7-14-9-10-20-18(14)13-17/h3-5,7-8,12-13,19-20,22H,1-2,6,9-11H2. The molecule has 2 aliphatic heterocycles. The van der Waals surface area contributed by atoms with Crippen LogP contribution in [0.25, 0.3) is 0 Å². The highest BCUT2D eigenvalue weighted by Gasteiger charge is 2.35. The largest absolute Gasteiger partial charge is 0.508 e. The van der Waals surface area contributed by atoms with Gasteiger partial charge >= 0.3 is 0 Å². The molecule has 2 aliphatic rings. The molecular weight excluding hydrogens is 336 g/mol. The zero-order valence-corrected chi connectivity index (χ0v) is 14.8. The Morgan fingerprint density at radius 2 is 2.00 bits per heavy atom. The maximum atomic E-state index is 13.3. The fraction of sp³-hybridized carbons (Fsp3) is 0.368. The molecule has 1 fully saturated rings. The van der Waals surface area contributed by atoms with Gasteiger partial charge in [-0.15, -0.1) is 0 Å². The van der Waals surface area contributed by atoms with Crippen LogP contribution in [0.3, 0.4) is 0 Å². The average Bonchev–Trinajstić information content (AvgIpc) is 3.09. The van der Waals surface area contributed by atoms with Crippen LogP contribution in [0.1, 0.15) is 36.4 Å². The molecule has 5 nitrogen and oxygen atoms in total. The minimum Gasteiger partial charge on any atom is -0.508 e. The normalized spacial score (nSPS) is 20.9. The average molecular weight is 358 g/mol. The Labute approximate surface area is 148 Å². The Balaban J connectivity index is 1.72. The molecule has 0 bridgehead atoms. The number of hydrogen-bond donors (Lipinski definition) is 2. The summed E-state index contributed by atoms with van der Waals surface area (Å²) in [4.78, 5) is 0.340. The molecule has 1 saturated heterocycles. The first-order valence-electron chi connectivity index (χ1n) is 8.73. The van der Waals surface area contributed by atoms with Crippen molar-refractivity contribution in [3.63, 3.8) is 0 Å². The van der Waals surface area contributed by atoms with Crippen LogP contribution in [0.4, 0.5) is 5.69 Å². The number of nitrogens with one attached hydrogen (secondary N) is 1. The van der Waals surface area contributed by atoms with Crippen molar-refractivity contribution in [1.82, 2.24) is 4.31 Å². The number of nitrogens with zero attached hydrogens (tertiary/aromatic N) is 1. The Morgan fingerprint density at radius 3 is 2.84 bits per heavy atom. The second-order valence-corrected chi connectivity index (χ2v) is 8.61. The summed E-state index contributed by atoms with van der Waals surface area (Å²) in [5.74, 6) is 0.169. The summed E-state index contributed by atoms with van der Waals surface area (Å²) in [6, 6.07) is 12.1. The molecule has 1 atom stereocenters. The van der Waals surface area contributed by atoms with Gasteiger partial charge in [-0.3, -0.25) is 0 Å². The number of phenols is 1. The number of rotatable bonds is 3. The second-order valence-electron chi connectivity index (χ2n) is 6.72. The van der Waals surface area contributed by atoms with E-state index in [1.807, 2.05) is 12.1 Å². The van der Waals surface area contributed by atoms with Gasteiger partial charge in [0.1, 0.15) is 5.75 Å². The minimum atomic E-state index is -3.58. The highest BCUT2D eigenvalue weighted by Crippen LogP contribution is 2.37. The lowest BCUT2D eigenvalue weighted by Gasteiger charge is -2.35. The monoisotopic (exact) mass is 358 g/mol. The van der Waals surface area contributed by atoms with Gasteiger partial charge in [0.25, 0.3) is 0 Å². The lowest BCUT2D eigenvalue weighted by atomic mass is 9.97. The van der Waals surface area contributed by atoms with E-state index in [0.717, 1.165) is 43.5 Å². The van der Waals surface area contributed by atoms with Gasteiger partial charge in [0.15, 0.2) is 0 Å². The first-order chi connectivity index (χ1) is 12.1. The van der Waals surface area contributed by atoms with Gasteiger partial charge in [-0.25, -0.2) is 8.42 Å². The summed E-state index contributed by atoms with van der Waals surface area (Å²) in [6.45, 7) is 1.36. The molecule has 0 spiro atoms. The van der Waals surface area contributed by atoms with Gasteiger partial charge in [0, 0.05) is 18.8 Å². The van der Waals surface area contributed by atoms with Crippen molar-refractivity contribution in [2.75, 3.05) is 18.4 Å². The predicted octanol–water partition coefficient (Wildman–Crippen LogP) is 3.28. The Morgan fingerprint density at radius 1 is 1.12 bits per heavy atom. The van der Waals surface area contributed by atoms with E-state index < -0.39 is 10.0 Å². The van der Waals surface area contributed by atoms with E-state index in [1.165, 1.54) is 5.56 Å². The zero-order chi connectivity index (χ0) is 17.4. The van der Waals surface area contributed by atoms with Crippen LogP contribution in [0.15, 0.2) is 47.4 Å². The summed E-state index contributed by atoms with van der Waals surface area (Å²) < 4.78 is 28.2. The molecule has 2 aromatic rings. The number of hydrogen-bond acceptors (Lipinski definition) is 4. The van der Waals surface area contributed by atoms with Crippen molar-refractivity contribution in [2.45, 2.75) is 36.6 Å². The van der Waals surface area contributed by atoms with Crippen LogP contribution in [-0.2, 0) is 16.4 Å². The van der Waals surface area contributed by atoms with Gasteiger partial charge < -0.3 is 10.4 Å². The van der Waals surface area contributed by atoms with Crippen molar-refractivity contribution < 1.29 is 13.5 Å². The van der Waals surface area contributed by atoms with Gasteiger partial charge in [-0.05, 0) is 54.7 Å². The fourth-order valence-electron chi connectivity index (χ4n) is 3.82. The third-order valence-corrected chi connectivity index (χ3v) is 7.01. The summed E-state index contributed by atoms with van der Waals surface area (Å²) in [6.07, 6.45) is 3.55. The minimum absolute atomic E-state index is 0.169. The van der Waals surface area contributed by atoms with Crippen LogP contribution >= 0.6 is 0 Å². The van der Waals surface area contributed by atoms with Crippen LogP contribution in [0.5, 0.6) is 5.75 Å². The Kier molecular flexibility index (Phi) is 4.17. The number of piperidine rings is 1. The Bertz CT molecular complexity index is 895. The second kappa shape index (κ2) is 6.35. The smallest absolute Gasteiger partial charge is 0.243 e. The number of benzene rings is 2. The molecule has 2 heterocycles. The molecular formula is C19H22N2O3S. The molecule has 25 heavy (non-hydrogen) atoms. The molecule has 0 aliphatic carbocycles. The number of anilines is 1. The first-order valence-corrected chi connectivity index (χ1v) is 10.2. The number of fused-ring (bicyclic) bond motifs is 1. The van der Waals surface area contributed by atoms with E-state index in [4.69, 9.17) is 0 Å². The molecule has 0 saturated carbocycles. The maximum Gasteiger partial charge on any atom is 0.243 e. The summed E-state index contributed by atoms with van der Waals surface area (Å²) >= 11 is 0. The molecule has 6 heteroatoms. The molecule has 132 valence electrons. The lowest BCUT2D eigenvalue weighted by Crippen LogP contribution is -2.38. The lowest BCUT2D eigenvalue weighted by molar-refractivity contribution is 0.255. The fourth-order valence-corrected chi connectivity index (χ4v) is 5.53. The number of phenolic OH excluding ortho intramolecular Hbond substituents is 1. The van der Waals surface area contributed by atoms with Crippen LogP contribution in [0, 0.1) is 0 Å². The third-order valence-electron chi connectivity index (χ3n) is 5.11. The van der Waals surface area contributed by atoms with E-state index in [9.17, 15) is 13.5 Å². The van der Waals surface area contributed by atoms with E-state index in [2.05, 4.69) is 5.32 Å². The van der Waals surface area contributed by atoms with E-state index in [-0.39, 0.29) is 11.8 Å². The first kappa shape index (κ1) is 16.4. The van der Waals surface area contributed by atoms with Gasteiger partial charge in [0.2, 0.25) is 10.0 Å². The van der Waals surface area contributed by atoms with Crippen molar-refractivity contribution in [2.24, 2.45) is 0 Å². The van der Waals surface area contributed by atoms with Gasteiger partial charge in [-0.2, -0.15) is 4.31 Å². The number of sulfonamides is 1. The highest BCUT2D eigenvalue weighted by atomic mass is 32.2. The molecule has 1 unspecified atom stereocenters. The van der Waals surface area contributed by atoms with E-state index in [0.29, 0.717) is 11.4 Å². The predicted molar refractivity (Wildman–Crippen MR) is 97.2 cm³/mol. The quantitative estimate of drug-likeness (QED) is 0.883. The molecule has 0 amide bonds. The van der Waals surface area contributed by atoms with Crippen LogP contribution < -0.4 is 5.32 Å². The summed E-state index contributed by atoms with van der Waals surface area (Å²) in [5.41, 5.74) is 2.94. The molecule has 4 rings (SSSR count). The van der Waals surface area contributed by atoms with Gasteiger partial charge in [0.05, 0.1) is 10.9 Å². The van der Waals surface area contributed by atoms with E-state index in [1.54, 1.807) is 34.6 Å². The Hall–Kier alpha value is -2.05. The SMILES string of the molecule is O=S(=O)(c1ccc2c(c1)NCC2)N1CCCCC1c1cccc(O)c1. The van der Waals surface area contributed by atoms with E-state index >= 15 is 0 Å². The highest BCUT2D eigenvalue weighted by molar-refractivity contribution is 7.89. The topological polar surface area (TPSA) is 69.6 Å². The van der Waals surface area contributed by atoms with Crippen molar-refractivity contribution in [1.29, 1.82) is 0 Å². The zero-order valence-electron chi connectivity index (χ0n) is 14.0. The molecule has 2 aromatic carbocycles.